The van der Waals surface area contributed by atoms with Crippen LogP contribution in [0.1, 0.15) is 18.1 Å². The predicted molar refractivity (Wildman–Crippen MR) is 79.9 cm³/mol. The summed E-state index contributed by atoms with van der Waals surface area (Å²) in [5.74, 6) is -0.120. The van der Waals surface area contributed by atoms with Crippen molar-refractivity contribution >= 4 is 17.7 Å². The fourth-order valence-electron chi connectivity index (χ4n) is 1.74. The van der Waals surface area contributed by atoms with Crippen LogP contribution in [0, 0.1) is 0 Å². The molecule has 2 nitrogen and oxygen atoms in total. The Morgan fingerprint density at radius 1 is 1.05 bits per heavy atom. The maximum absolute atomic E-state index is 11.7. The monoisotopic (exact) mass is 251 g/mol. The van der Waals surface area contributed by atoms with Crippen molar-refractivity contribution in [2.45, 2.75) is 13.3 Å². The Balaban J connectivity index is 1.96. The maximum atomic E-state index is 11.7. The van der Waals surface area contributed by atoms with E-state index in [1.807, 2.05) is 48.5 Å². The van der Waals surface area contributed by atoms with Crippen LogP contribution in [0.25, 0.3) is 6.08 Å². The summed E-state index contributed by atoms with van der Waals surface area (Å²) in [6.07, 6.45) is 4.39. The highest BCUT2D eigenvalue weighted by Gasteiger charge is 1.96. The van der Waals surface area contributed by atoms with Gasteiger partial charge in [-0.1, -0.05) is 49.4 Å². The van der Waals surface area contributed by atoms with Gasteiger partial charge in [0.25, 0.3) is 0 Å². The fraction of sp³-hybridized carbons (Fsp3) is 0.118. The van der Waals surface area contributed by atoms with Gasteiger partial charge in [0.2, 0.25) is 5.91 Å². The number of para-hydroxylation sites is 1. The minimum atomic E-state index is -0.120. The van der Waals surface area contributed by atoms with E-state index < -0.39 is 0 Å². The number of carbonyl (C=O) groups is 1. The summed E-state index contributed by atoms with van der Waals surface area (Å²) < 4.78 is 0. The van der Waals surface area contributed by atoms with Crippen LogP contribution in [0.15, 0.2) is 60.7 Å². The van der Waals surface area contributed by atoms with Crippen molar-refractivity contribution in [2.75, 3.05) is 5.32 Å². The van der Waals surface area contributed by atoms with Gasteiger partial charge in [-0.15, -0.1) is 0 Å². The van der Waals surface area contributed by atoms with Crippen LogP contribution in [0.3, 0.4) is 0 Å². The van der Waals surface area contributed by atoms with Gasteiger partial charge in [-0.05, 0) is 35.8 Å². The van der Waals surface area contributed by atoms with Gasteiger partial charge in [0.1, 0.15) is 0 Å². The summed E-state index contributed by atoms with van der Waals surface area (Å²) in [5, 5.41) is 2.81. The van der Waals surface area contributed by atoms with Crippen LogP contribution in [0.4, 0.5) is 5.69 Å². The number of aryl methyl sites for hydroxylation is 1. The number of benzene rings is 2. The van der Waals surface area contributed by atoms with Crippen molar-refractivity contribution in [2.24, 2.45) is 0 Å². The number of rotatable bonds is 4. The molecule has 0 fully saturated rings. The third-order valence-corrected chi connectivity index (χ3v) is 2.86. The van der Waals surface area contributed by atoms with E-state index in [2.05, 4.69) is 24.4 Å². The van der Waals surface area contributed by atoms with Gasteiger partial charge in [-0.2, -0.15) is 0 Å². The average molecular weight is 251 g/mol. The van der Waals surface area contributed by atoms with Crippen LogP contribution in [-0.4, -0.2) is 5.91 Å². The molecule has 2 aromatic carbocycles. The van der Waals surface area contributed by atoms with Crippen LogP contribution in [0.5, 0.6) is 0 Å². The Hall–Kier alpha value is -2.35. The molecule has 19 heavy (non-hydrogen) atoms. The first-order valence-electron chi connectivity index (χ1n) is 6.41. The van der Waals surface area contributed by atoms with Crippen LogP contribution < -0.4 is 5.32 Å². The van der Waals surface area contributed by atoms with E-state index in [1.165, 1.54) is 5.56 Å². The minimum Gasteiger partial charge on any atom is -0.323 e. The van der Waals surface area contributed by atoms with Crippen LogP contribution in [-0.2, 0) is 11.2 Å². The number of amides is 1. The third kappa shape index (κ3) is 4.11. The zero-order valence-corrected chi connectivity index (χ0v) is 11.0. The molecule has 0 spiro atoms. The smallest absolute Gasteiger partial charge is 0.248 e. The fourth-order valence-corrected chi connectivity index (χ4v) is 1.74. The molecule has 1 N–H and O–H groups in total. The summed E-state index contributed by atoms with van der Waals surface area (Å²) in [4.78, 5) is 11.7. The molecule has 0 saturated heterocycles. The van der Waals surface area contributed by atoms with E-state index in [1.54, 1.807) is 6.08 Å². The minimum absolute atomic E-state index is 0.120. The predicted octanol–water partition coefficient (Wildman–Crippen LogP) is 3.90. The molecule has 0 aliphatic heterocycles. The summed E-state index contributed by atoms with van der Waals surface area (Å²) in [7, 11) is 0. The molecular formula is C17H17NO. The molecule has 0 atom stereocenters. The molecule has 0 saturated carbocycles. The molecule has 0 aromatic heterocycles. The molecule has 2 aromatic rings. The van der Waals surface area contributed by atoms with Crippen molar-refractivity contribution in [1.82, 2.24) is 0 Å². The van der Waals surface area contributed by atoms with E-state index in [4.69, 9.17) is 0 Å². The lowest BCUT2D eigenvalue weighted by molar-refractivity contribution is -0.111. The topological polar surface area (TPSA) is 29.1 Å². The van der Waals surface area contributed by atoms with Crippen molar-refractivity contribution in [3.05, 3.63) is 71.8 Å². The molecule has 96 valence electrons. The molecule has 2 heteroatoms. The molecule has 1 amide bonds. The number of carbonyl (C=O) groups excluding carboxylic acids is 1. The summed E-state index contributed by atoms with van der Waals surface area (Å²) in [5.41, 5.74) is 3.13. The largest absolute Gasteiger partial charge is 0.323 e. The number of hydrogen-bond donors (Lipinski definition) is 1. The average Bonchev–Trinajstić information content (AvgIpc) is 2.47. The second kappa shape index (κ2) is 6.55. The highest BCUT2D eigenvalue weighted by atomic mass is 16.1. The summed E-state index contributed by atoms with van der Waals surface area (Å²) in [6, 6.07) is 17.6. The maximum Gasteiger partial charge on any atom is 0.248 e. The van der Waals surface area contributed by atoms with E-state index >= 15 is 0 Å². The first kappa shape index (κ1) is 13.1. The summed E-state index contributed by atoms with van der Waals surface area (Å²) in [6.45, 7) is 2.12. The van der Waals surface area contributed by atoms with Gasteiger partial charge in [0, 0.05) is 11.8 Å². The SMILES string of the molecule is CCc1ccc(/C=C/C(=O)Nc2ccccc2)cc1. The van der Waals surface area contributed by atoms with Crippen molar-refractivity contribution in [3.63, 3.8) is 0 Å². The second-order valence-corrected chi connectivity index (χ2v) is 4.28. The van der Waals surface area contributed by atoms with E-state index in [-0.39, 0.29) is 5.91 Å². The Bertz CT molecular complexity index is 556. The third-order valence-electron chi connectivity index (χ3n) is 2.86. The Morgan fingerprint density at radius 3 is 2.37 bits per heavy atom. The Kier molecular flexibility index (Phi) is 4.51. The van der Waals surface area contributed by atoms with E-state index in [0.29, 0.717) is 0 Å². The van der Waals surface area contributed by atoms with Crippen molar-refractivity contribution in [3.8, 4) is 0 Å². The van der Waals surface area contributed by atoms with E-state index in [0.717, 1.165) is 17.7 Å². The Morgan fingerprint density at radius 2 is 1.74 bits per heavy atom. The molecule has 0 heterocycles. The second-order valence-electron chi connectivity index (χ2n) is 4.28. The number of nitrogens with one attached hydrogen (secondary N) is 1. The number of anilines is 1. The lowest BCUT2D eigenvalue weighted by Gasteiger charge is -2.01. The summed E-state index contributed by atoms with van der Waals surface area (Å²) >= 11 is 0. The zero-order chi connectivity index (χ0) is 13.5. The van der Waals surface area contributed by atoms with Crippen molar-refractivity contribution < 1.29 is 4.79 Å². The van der Waals surface area contributed by atoms with Crippen LogP contribution >= 0.6 is 0 Å². The molecule has 2 rings (SSSR count). The quantitative estimate of drug-likeness (QED) is 0.820. The van der Waals surface area contributed by atoms with Gasteiger partial charge >= 0.3 is 0 Å². The lowest BCUT2D eigenvalue weighted by atomic mass is 10.1. The van der Waals surface area contributed by atoms with Gasteiger partial charge in [-0.3, -0.25) is 4.79 Å². The first-order chi connectivity index (χ1) is 9.28. The first-order valence-corrected chi connectivity index (χ1v) is 6.41. The molecule has 0 unspecified atom stereocenters. The molecule has 0 aliphatic carbocycles. The van der Waals surface area contributed by atoms with Crippen molar-refractivity contribution in [1.29, 1.82) is 0 Å². The molecule has 0 aliphatic rings. The van der Waals surface area contributed by atoms with Gasteiger partial charge < -0.3 is 5.32 Å². The zero-order valence-electron chi connectivity index (χ0n) is 11.0. The van der Waals surface area contributed by atoms with Gasteiger partial charge in [-0.25, -0.2) is 0 Å². The standard InChI is InChI=1S/C17H17NO/c1-2-14-8-10-15(11-9-14)12-13-17(19)18-16-6-4-3-5-7-16/h3-13H,2H2,1H3,(H,18,19)/b13-12+. The number of hydrogen-bond acceptors (Lipinski definition) is 1. The highest BCUT2D eigenvalue weighted by Crippen LogP contribution is 2.08. The lowest BCUT2D eigenvalue weighted by Crippen LogP contribution is -2.07. The Labute approximate surface area is 113 Å². The molecular weight excluding hydrogens is 234 g/mol. The molecule has 0 radical (unpaired) electrons. The van der Waals surface area contributed by atoms with Gasteiger partial charge in [0.05, 0.1) is 0 Å². The van der Waals surface area contributed by atoms with Gasteiger partial charge in [0.15, 0.2) is 0 Å². The van der Waals surface area contributed by atoms with E-state index in [9.17, 15) is 4.79 Å². The van der Waals surface area contributed by atoms with Crippen LogP contribution in [0.2, 0.25) is 0 Å². The molecule has 0 bridgehead atoms. The highest BCUT2D eigenvalue weighted by molar-refractivity contribution is 6.01. The normalized spacial score (nSPS) is 10.6.